The predicted molar refractivity (Wildman–Crippen MR) is 69.8 cm³/mol. The number of anilines is 1. The standard InChI is InChI=1S/C12H12ClF3N2O3/c1-6(19)5-17-10(20)11(21)18-9-4-7(12(14,15)16)2-3-8(9)13/h2-4,6,19H,5H2,1H3,(H,17,20)(H,18,21)/t6-/m0/s1. The highest BCUT2D eigenvalue weighted by molar-refractivity contribution is 6.41. The van der Waals surface area contributed by atoms with Gasteiger partial charge in [0, 0.05) is 6.54 Å². The van der Waals surface area contributed by atoms with E-state index >= 15 is 0 Å². The number of halogens is 4. The first-order chi connectivity index (χ1) is 9.61. The van der Waals surface area contributed by atoms with Crippen molar-refractivity contribution in [2.75, 3.05) is 11.9 Å². The summed E-state index contributed by atoms with van der Waals surface area (Å²) >= 11 is 5.67. The van der Waals surface area contributed by atoms with Crippen molar-refractivity contribution in [1.29, 1.82) is 0 Å². The molecule has 0 fully saturated rings. The minimum atomic E-state index is -4.60. The van der Waals surface area contributed by atoms with Crippen molar-refractivity contribution >= 4 is 29.1 Å². The lowest BCUT2D eigenvalue weighted by atomic mass is 10.2. The molecule has 0 radical (unpaired) electrons. The van der Waals surface area contributed by atoms with Crippen LogP contribution < -0.4 is 10.6 Å². The third-order valence-corrected chi connectivity index (χ3v) is 2.64. The van der Waals surface area contributed by atoms with Crippen molar-refractivity contribution in [3.8, 4) is 0 Å². The van der Waals surface area contributed by atoms with Crippen molar-refractivity contribution in [3.05, 3.63) is 28.8 Å². The molecule has 0 saturated heterocycles. The van der Waals surface area contributed by atoms with E-state index in [0.717, 1.165) is 12.1 Å². The van der Waals surface area contributed by atoms with E-state index in [4.69, 9.17) is 16.7 Å². The Balaban J connectivity index is 2.82. The van der Waals surface area contributed by atoms with Crippen LogP contribution >= 0.6 is 11.6 Å². The van der Waals surface area contributed by atoms with Gasteiger partial charge in [-0.2, -0.15) is 13.2 Å². The van der Waals surface area contributed by atoms with E-state index in [2.05, 4.69) is 5.32 Å². The van der Waals surface area contributed by atoms with Crippen LogP contribution in [0.2, 0.25) is 5.02 Å². The molecular weight excluding hydrogens is 313 g/mol. The predicted octanol–water partition coefficient (Wildman–Crippen LogP) is 1.79. The highest BCUT2D eigenvalue weighted by Gasteiger charge is 2.31. The van der Waals surface area contributed by atoms with Gasteiger partial charge in [0.05, 0.1) is 22.4 Å². The molecule has 21 heavy (non-hydrogen) atoms. The summed E-state index contributed by atoms with van der Waals surface area (Å²) in [4.78, 5) is 22.8. The van der Waals surface area contributed by atoms with Crippen molar-refractivity contribution in [3.63, 3.8) is 0 Å². The molecule has 1 aromatic rings. The number of benzene rings is 1. The number of alkyl halides is 3. The molecule has 0 heterocycles. The molecular formula is C12H12ClF3N2O3. The largest absolute Gasteiger partial charge is 0.416 e. The number of rotatable bonds is 3. The van der Waals surface area contributed by atoms with Crippen LogP contribution in [0, 0.1) is 0 Å². The Morgan fingerprint density at radius 1 is 1.33 bits per heavy atom. The highest BCUT2D eigenvalue weighted by Crippen LogP contribution is 2.33. The van der Waals surface area contributed by atoms with Crippen molar-refractivity contribution in [2.45, 2.75) is 19.2 Å². The fourth-order valence-corrected chi connectivity index (χ4v) is 1.46. The Kier molecular flexibility index (Phi) is 5.56. The van der Waals surface area contributed by atoms with E-state index < -0.39 is 29.7 Å². The van der Waals surface area contributed by atoms with Gasteiger partial charge in [0.2, 0.25) is 0 Å². The fourth-order valence-electron chi connectivity index (χ4n) is 1.30. The Bertz CT molecular complexity index is 547. The highest BCUT2D eigenvalue weighted by atomic mass is 35.5. The molecule has 3 N–H and O–H groups in total. The summed E-state index contributed by atoms with van der Waals surface area (Å²) in [5.74, 6) is -2.28. The van der Waals surface area contributed by atoms with Gasteiger partial charge < -0.3 is 15.7 Å². The summed E-state index contributed by atoms with van der Waals surface area (Å²) in [6.45, 7) is 1.23. The summed E-state index contributed by atoms with van der Waals surface area (Å²) in [6, 6.07) is 2.35. The zero-order valence-corrected chi connectivity index (χ0v) is 11.5. The molecule has 0 aliphatic rings. The third kappa shape index (κ3) is 5.24. The maximum Gasteiger partial charge on any atom is 0.416 e. The Labute approximate surface area is 123 Å². The number of nitrogens with one attached hydrogen (secondary N) is 2. The summed E-state index contributed by atoms with van der Waals surface area (Å²) in [6.07, 6.45) is -5.46. The number of hydrogen-bond donors (Lipinski definition) is 3. The molecule has 116 valence electrons. The second kappa shape index (κ2) is 6.77. The molecule has 0 aliphatic carbocycles. The average molecular weight is 325 g/mol. The molecule has 0 aliphatic heterocycles. The van der Waals surface area contributed by atoms with Crippen LogP contribution in [0.25, 0.3) is 0 Å². The van der Waals surface area contributed by atoms with Crippen LogP contribution in [0.3, 0.4) is 0 Å². The van der Waals surface area contributed by atoms with Gasteiger partial charge in [0.25, 0.3) is 0 Å². The summed E-state index contributed by atoms with van der Waals surface area (Å²) in [5, 5.41) is 12.9. The second-order valence-electron chi connectivity index (χ2n) is 4.21. The zero-order chi connectivity index (χ0) is 16.2. The quantitative estimate of drug-likeness (QED) is 0.742. The first-order valence-corrected chi connectivity index (χ1v) is 6.13. The molecule has 0 spiro atoms. The molecule has 5 nitrogen and oxygen atoms in total. The first kappa shape index (κ1) is 17.3. The van der Waals surface area contributed by atoms with Crippen LogP contribution in [-0.2, 0) is 15.8 Å². The van der Waals surface area contributed by atoms with Crippen LogP contribution in [-0.4, -0.2) is 29.6 Å². The third-order valence-electron chi connectivity index (χ3n) is 2.31. The summed E-state index contributed by atoms with van der Waals surface area (Å²) < 4.78 is 37.6. The van der Waals surface area contributed by atoms with Gasteiger partial charge >= 0.3 is 18.0 Å². The molecule has 2 amide bonds. The Morgan fingerprint density at radius 3 is 2.48 bits per heavy atom. The molecule has 1 atom stereocenters. The first-order valence-electron chi connectivity index (χ1n) is 5.75. The number of carbonyl (C=O) groups is 2. The van der Waals surface area contributed by atoms with Gasteiger partial charge in [-0.3, -0.25) is 9.59 Å². The number of aliphatic hydroxyl groups is 1. The van der Waals surface area contributed by atoms with Crippen molar-refractivity contribution in [1.82, 2.24) is 5.32 Å². The van der Waals surface area contributed by atoms with Gasteiger partial charge in [-0.05, 0) is 25.1 Å². The number of amides is 2. The lowest BCUT2D eigenvalue weighted by Crippen LogP contribution is -2.38. The molecule has 0 bridgehead atoms. The van der Waals surface area contributed by atoms with E-state index in [1.165, 1.54) is 6.92 Å². The van der Waals surface area contributed by atoms with Gasteiger partial charge in [-0.15, -0.1) is 0 Å². The van der Waals surface area contributed by atoms with Crippen molar-refractivity contribution in [2.24, 2.45) is 0 Å². The minimum absolute atomic E-state index is 0.139. The van der Waals surface area contributed by atoms with Crippen molar-refractivity contribution < 1.29 is 27.9 Å². The van der Waals surface area contributed by atoms with Crippen LogP contribution in [0.4, 0.5) is 18.9 Å². The molecule has 1 aromatic carbocycles. The number of carbonyl (C=O) groups excluding carboxylic acids is 2. The van der Waals surface area contributed by atoms with Crippen LogP contribution in [0.5, 0.6) is 0 Å². The molecule has 0 unspecified atom stereocenters. The Hall–Kier alpha value is -1.80. The normalized spacial score (nSPS) is 12.7. The fraction of sp³-hybridized carbons (Fsp3) is 0.333. The van der Waals surface area contributed by atoms with Crippen LogP contribution in [0.15, 0.2) is 18.2 Å². The van der Waals surface area contributed by atoms with Gasteiger partial charge in [-0.1, -0.05) is 11.6 Å². The summed E-state index contributed by atoms with van der Waals surface area (Å²) in [7, 11) is 0. The zero-order valence-electron chi connectivity index (χ0n) is 10.8. The summed E-state index contributed by atoms with van der Waals surface area (Å²) in [5.41, 5.74) is -1.34. The number of hydrogen-bond acceptors (Lipinski definition) is 3. The lowest BCUT2D eigenvalue weighted by Gasteiger charge is -2.12. The van der Waals surface area contributed by atoms with E-state index in [-0.39, 0.29) is 17.3 Å². The van der Waals surface area contributed by atoms with E-state index in [0.29, 0.717) is 6.07 Å². The maximum atomic E-state index is 12.5. The monoisotopic (exact) mass is 324 g/mol. The van der Waals surface area contributed by atoms with Crippen LogP contribution in [0.1, 0.15) is 12.5 Å². The van der Waals surface area contributed by atoms with Gasteiger partial charge in [0.15, 0.2) is 0 Å². The maximum absolute atomic E-state index is 12.5. The molecule has 0 aromatic heterocycles. The Morgan fingerprint density at radius 2 is 1.95 bits per heavy atom. The number of aliphatic hydroxyl groups excluding tert-OH is 1. The van der Waals surface area contributed by atoms with E-state index in [9.17, 15) is 22.8 Å². The topological polar surface area (TPSA) is 78.4 Å². The molecule has 0 saturated carbocycles. The molecule has 9 heteroatoms. The van der Waals surface area contributed by atoms with Gasteiger partial charge in [0.1, 0.15) is 0 Å². The van der Waals surface area contributed by atoms with E-state index in [1.807, 2.05) is 5.32 Å². The smallest absolute Gasteiger partial charge is 0.392 e. The average Bonchev–Trinajstić information content (AvgIpc) is 2.36. The minimum Gasteiger partial charge on any atom is -0.392 e. The molecule has 1 rings (SSSR count). The van der Waals surface area contributed by atoms with E-state index in [1.54, 1.807) is 0 Å². The SMILES string of the molecule is C[C@H](O)CNC(=O)C(=O)Nc1cc(C(F)(F)F)ccc1Cl. The van der Waals surface area contributed by atoms with Gasteiger partial charge in [-0.25, -0.2) is 0 Å². The lowest BCUT2D eigenvalue weighted by molar-refractivity contribution is -0.137. The second-order valence-corrected chi connectivity index (χ2v) is 4.61.